The number of carbonyl (C=O) groups is 1. The molecule has 8 heteroatoms. The molecule has 2 N–H and O–H groups in total. The first-order chi connectivity index (χ1) is 7.46. The second-order valence-corrected chi connectivity index (χ2v) is 6.42. The Labute approximate surface area is 102 Å². The van der Waals surface area contributed by atoms with E-state index in [-0.39, 0.29) is 29.4 Å². The Bertz CT molecular complexity index is 364. The van der Waals surface area contributed by atoms with E-state index in [2.05, 4.69) is 0 Å². The largest absolute Gasteiger partial charge is 0.477 e. The molecule has 0 amide bonds. The van der Waals surface area contributed by atoms with Crippen LogP contribution >= 0.6 is 0 Å². The molecule has 0 bridgehead atoms. The van der Waals surface area contributed by atoms with Crippen LogP contribution in [0, 0.1) is 0 Å². The third-order valence-corrected chi connectivity index (χ3v) is 3.33. The van der Waals surface area contributed by atoms with Crippen LogP contribution in [0.15, 0.2) is 0 Å². The summed E-state index contributed by atoms with van der Waals surface area (Å²) in [5.74, 6) is -1.33. The molecule has 0 saturated carbocycles. The van der Waals surface area contributed by atoms with Crippen LogP contribution in [0.2, 0.25) is 0 Å². The third-order valence-electron chi connectivity index (χ3n) is 2.58. The van der Waals surface area contributed by atoms with Gasteiger partial charge in [-0.3, -0.25) is 9.04 Å². The van der Waals surface area contributed by atoms with Gasteiger partial charge in [-0.05, 0) is 0 Å². The normalized spacial score (nSPS) is 14.9. The predicted octanol–water partition coefficient (Wildman–Crippen LogP) is -0.849. The summed E-state index contributed by atoms with van der Waals surface area (Å²) < 4.78 is 30.3. The third kappa shape index (κ3) is 6.57. The molecule has 1 radical (unpaired) electrons. The molecule has 0 rings (SSSR count). The van der Waals surface area contributed by atoms with Crippen molar-refractivity contribution in [2.24, 2.45) is 0 Å². The number of likely N-dealkylation sites (N-methyl/N-ethyl adjacent to an activating group) is 1. The number of carboxylic acids is 1. The SMILES string of the molecule is C[N+](C)C(CCS(=O)(=O)O)[N+](C)(C)CC(=O)O. The van der Waals surface area contributed by atoms with E-state index in [1.165, 1.54) is 0 Å². The van der Waals surface area contributed by atoms with E-state index < -0.39 is 16.1 Å². The Morgan fingerprint density at radius 3 is 2.12 bits per heavy atom. The number of hydrogen-bond acceptors (Lipinski definition) is 4. The predicted molar refractivity (Wildman–Crippen MR) is 63.4 cm³/mol. The summed E-state index contributed by atoms with van der Waals surface area (Å²) in [4.78, 5) is 12.5. The van der Waals surface area contributed by atoms with E-state index >= 15 is 0 Å². The van der Waals surface area contributed by atoms with Crippen LogP contribution < -0.4 is 4.90 Å². The Morgan fingerprint density at radius 1 is 1.35 bits per heavy atom. The molecule has 17 heavy (non-hydrogen) atoms. The van der Waals surface area contributed by atoms with Crippen LogP contribution in [0.1, 0.15) is 6.42 Å². The summed E-state index contributed by atoms with van der Waals surface area (Å²) in [5.41, 5.74) is 0. The van der Waals surface area contributed by atoms with Gasteiger partial charge in [0.05, 0.1) is 26.3 Å². The Balaban J connectivity index is 4.79. The fraction of sp³-hybridized carbons (Fsp3) is 0.889. The fourth-order valence-electron chi connectivity index (χ4n) is 1.94. The molecule has 1 atom stereocenters. The fourth-order valence-corrected chi connectivity index (χ4v) is 2.45. The number of aliphatic carboxylic acids is 1. The first kappa shape index (κ1) is 16.3. The van der Waals surface area contributed by atoms with Gasteiger partial charge in [0.25, 0.3) is 16.3 Å². The summed E-state index contributed by atoms with van der Waals surface area (Å²) in [5, 5.41) is 8.81. The molecule has 1 unspecified atom stereocenters. The zero-order valence-electron chi connectivity index (χ0n) is 10.6. The topological polar surface area (TPSA) is 97.6 Å². The lowest BCUT2D eigenvalue weighted by atomic mass is 10.2. The maximum atomic E-state index is 10.7. The molecule has 0 saturated heterocycles. The van der Waals surface area contributed by atoms with Crippen molar-refractivity contribution in [3.63, 3.8) is 0 Å². The van der Waals surface area contributed by atoms with Crippen molar-refractivity contribution >= 4 is 16.1 Å². The highest BCUT2D eigenvalue weighted by Gasteiger charge is 2.39. The van der Waals surface area contributed by atoms with Crippen molar-refractivity contribution in [3.05, 3.63) is 0 Å². The van der Waals surface area contributed by atoms with Crippen LogP contribution in [0.5, 0.6) is 0 Å². The number of rotatable bonds is 7. The minimum Gasteiger partial charge on any atom is -0.477 e. The molecular formula is C9H21N2O5S+2. The van der Waals surface area contributed by atoms with E-state index in [9.17, 15) is 13.2 Å². The van der Waals surface area contributed by atoms with Gasteiger partial charge < -0.3 is 5.11 Å². The van der Waals surface area contributed by atoms with Crippen molar-refractivity contribution in [2.75, 3.05) is 40.5 Å². The molecule has 0 aliphatic carbocycles. The zero-order chi connectivity index (χ0) is 13.9. The molecule has 0 fully saturated rings. The van der Waals surface area contributed by atoms with Crippen LogP contribution in [-0.2, 0) is 14.9 Å². The monoisotopic (exact) mass is 269 g/mol. The summed E-state index contributed by atoms with van der Waals surface area (Å²) >= 11 is 0. The molecule has 0 heterocycles. The van der Waals surface area contributed by atoms with E-state index in [1.807, 2.05) is 0 Å². The highest BCUT2D eigenvalue weighted by Crippen LogP contribution is 2.12. The van der Waals surface area contributed by atoms with Crippen LogP contribution in [-0.4, -0.2) is 75.2 Å². The lowest BCUT2D eigenvalue weighted by molar-refractivity contribution is -0.914. The molecule has 0 aliphatic rings. The van der Waals surface area contributed by atoms with Crippen LogP contribution in [0.3, 0.4) is 0 Å². The van der Waals surface area contributed by atoms with Crippen molar-refractivity contribution in [1.82, 2.24) is 4.90 Å². The van der Waals surface area contributed by atoms with E-state index in [1.54, 1.807) is 33.1 Å². The maximum absolute atomic E-state index is 10.7. The standard InChI is InChI=1S/C9H20N2O5S/c1-10(2)8(5-6-17(14,15)16)11(3,4)7-9(12)13/h8H,5-7H2,1-4H3,(H-,12,13,14,15,16)/q+1/p+1. The minimum absolute atomic E-state index is 0.117. The van der Waals surface area contributed by atoms with Gasteiger partial charge in [0.1, 0.15) is 14.1 Å². The number of quaternary nitrogens is 1. The molecule has 7 nitrogen and oxygen atoms in total. The average Bonchev–Trinajstić information content (AvgIpc) is 1.96. The van der Waals surface area contributed by atoms with Crippen molar-refractivity contribution in [1.29, 1.82) is 0 Å². The first-order valence-corrected chi connectivity index (χ1v) is 6.72. The molecule has 0 spiro atoms. The van der Waals surface area contributed by atoms with Gasteiger partial charge in [0, 0.05) is 0 Å². The Kier molecular flexibility index (Phi) is 5.53. The van der Waals surface area contributed by atoms with Gasteiger partial charge in [0.15, 0.2) is 6.54 Å². The first-order valence-electron chi connectivity index (χ1n) is 5.12. The Morgan fingerprint density at radius 2 is 1.82 bits per heavy atom. The van der Waals surface area contributed by atoms with Gasteiger partial charge in [-0.1, -0.05) is 0 Å². The van der Waals surface area contributed by atoms with Crippen molar-refractivity contribution < 1.29 is 27.4 Å². The lowest BCUT2D eigenvalue weighted by Gasteiger charge is -2.34. The maximum Gasteiger partial charge on any atom is 0.359 e. The molecule has 0 aromatic heterocycles. The van der Waals surface area contributed by atoms with Crippen molar-refractivity contribution in [3.8, 4) is 0 Å². The number of carboxylic acid groups (broad SMARTS) is 1. The molecule has 0 aromatic rings. The summed E-state index contributed by atoms with van der Waals surface area (Å²) in [7, 11) is 2.89. The van der Waals surface area contributed by atoms with E-state index in [0.29, 0.717) is 0 Å². The summed E-state index contributed by atoms with van der Waals surface area (Å²) in [6, 6.07) is 0. The van der Waals surface area contributed by atoms with Gasteiger partial charge in [-0.2, -0.15) is 8.42 Å². The van der Waals surface area contributed by atoms with E-state index in [4.69, 9.17) is 9.66 Å². The molecule has 0 aromatic carbocycles. The molecule has 101 valence electrons. The Hall–Kier alpha value is -0.700. The zero-order valence-corrected chi connectivity index (χ0v) is 11.4. The highest BCUT2D eigenvalue weighted by atomic mass is 32.2. The number of nitrogens with zero attached hydrogens (tertiary/aromatic N) is 2. The van der Waals surface area contributed by atoms with Crippen LogP contribution in [0.25, 0.3) is 0 Å². The summed E-state index contributed by atoms with van der Waals surface area (Å²) in [6.07, 6.45) is -0.125. The molecule has 0 aliphatic heterocycles. The average molecular weight is 269 g/mol. The lowest BCUT2D eigenvalue weighted by Crippen LogP contribution is -2.60. The second-order valence-electron chi connectivity index (χ2n) is 4.85. The van der Waals surface area contributed by atoms with Crippen molar-refractivity contribution in [2.45, 2.75) is 12.6 Å². The van der Waals surface area contributed by atoms with Gasteiger partial charge in [-0.25, -0.2) is 4.79 Å². The second kappa shape index (κ2) is 5.76. The van der Waals surface area contributed by atoms with Crippen LogP contribution in [0.4, 0.5) is 0 Å². The van der Waals surface area contributed by atoms with Gasteiger partial charge in [0.2, 0.25) is 0 Å². The van der Waals surface area contributed by atoms with E-state index in [0.717, 1.165) is 0 Å². The summed E-state index contributed by atoms with van der Waals surface area (Å²) in [6.45, 7) is -0.117. The van der Waals surface area contributed by atoms with Gasteiger partial charge in [-0.15, -0.1) is 4.90 Å². The van der Waals surface area contributed by atoms with Gasteiger partial charge >= 0.3 is 5.97 Å². The highest BCUT2D eigenvalue weighted by molar-refractivity contribution is 7.85. The number of hydrogen-bond donors (Lipinski definition) is 2. The molecular weight excluding hydrogens is 248 g/mol. The minimum atomic E-state index is -4.03. The smallest absolute Gasteiger partial charge is 0.359 e. The quantitative estimate of drug-likeness (QED) is 0.271.